The second-order valence-corrected chi connectivity index (χ2v) is 4.50. The largest absolute Gasteiger partial charge is 0.271 e. The Labute approximate surface area is 111 Å². The van der Waals surface area contributed by atoms with Gasteiger partial charge in [0.1, 0.15) is 11.6 Å². The zero-order chi connectivity index (χ0) is 13.1. The van der Waals surface area contributed by atoms with Crippen LogP contribution in [0.3, 0.4) is 0 Å². The molecule has 0 fully saturated rings. The zero-order valence-corrected chi connectivity index (χ0v) is 10.8. The Kier molecular flexibility index (Phi) is 4.00. The Hall–Kier alpha value is -1.37. The molecule has 0 saturated heterocycles. The molecule has 1 atom stereocenters. The van der Waals surface area contributed by atoms with Gasteiger partial charge in [-0.25, -0.2) is 14.2 Å². The molecule has 2 rings (SSSR count). The number of hydrazine groups is 1. The van der Waals surface area contributed by atoms with Crippen LogP contribution in [0.5, 0.6) is 0 Å². The Morgan fingerprint density at radius 3 is 2.61 bits per heavy atom. The fourth-order valence-electron chi connectivity index (χ4n) is 1.64. The highest BCUT2D eigenvalue weighted by atomic mass is 79.9. The van der Waals surface area contributed by atoms with Crippen molar-refractivity contribution in [2.45, 2.75) is 6.04 Å². The molecule has 0 radical (unpaired) electrons. The minimum atomic E-state index is -0.636. The first-order valence-electron chi connectivity index (χ1n) is 5.15. The third kappa shape index (κ3) is 2.55. The number of nitrogens with zero attached hydrogens (tertiary/aromatic N) is 1. The van der Waals surface area contributed by atoms with Gasteiger partial charge in [-0.3, -0.25) is 10.8 Å². The molecule has 6 heteroatoms. The van der Waals surface area contributed by atoms with E-state index in [-0.39, 0.29) is 0 Å². The summed E-state index contributed by atoms with van der Waals surface area (Å²) in [6.45, 7) is 0. The van der Waals surface area contributed by atoms with E-state index < -0.39 is 17.7 Å². The highest BCUT2D eigenvalue weighted by Crippen LogP contribution is 2.26. The van der Waals surface area contributed by atoms with E-state index in [1.165, 1.54) is 12.1 Å². The van der Waals surface area contributed by atoms with Crippen molar-refractivity contribution in [3.05, 3.63) is 63.9 Å². The minimum Gasteiger partial charge on any atom is -0.271 e. The maximum atomic E-state index is 14.0. The number of halogens is 3. The van der Waals surface area contributed by atoms with Crippen LogP contribution in [0, 0.1) is 11.6 Å². The Morgan fingerprint density at radius 1 is 1.22 bits per heavy atom. The van der Waals surface area contributed by atoms with Crippen molar-refractivity contribution in [3.63, 3.8) is 0 Å². The summed E-state index contributed by atoms with van der Waals surface area (Å²) in [6.07, 6.45) is 1.07. The molecule has 1 unspecified atom stereocenters. The Balaban J connectivity index is 2.45. The van der Waals surface area contributed by atoms with Crippen LogP contribution < -0.4 is 11.3 Å². The highest BCUT2D eigenvalue weighted by molar-refractivity contribution is 9.10. The molecule has 2 aromatic rings. The lowest BCUT2D eigenvalue weighted by Gasteiger charge is -2.17. The molecule has 1 aromatic carbocycles. The first kappa shape index (κ1) is 13.1. The van der Waals surface area contributed by atoms with Crippen molar-refractivity contribution in [2.24, 2.45) is 5.84 Å². The number of nitrogens with one attached hydrogen (secondary N) is 1. The number of benzene rings is 1. The summed E-state index contributed by atoms with van der Waals surface area (Å²) >= 11 is 3.10. The SMILES string of the molecule is NNC(c1ccc(F)cn1)c1cccc(Br)c1F. The van der Waals surface area contributed by atoms with Crippen LogP contribution in [0.25, 0.3) is 0 Å². The molecular formula is C12H10BrF2N3. The molecule has 0 saturated carbocycles. The summed E-state index contributed by atoms with van der Waals surface area (Å²) in [5.74, 6) is 4.55. The molecule has 1 heterocycles. The van der Waals surface area contributed by atoms with Crippen molar-refractivity contribution >= 4 is 15.9 Å². The van der Waals surface area contributed by atoms with E-state index >= 15 is 0 Å². The van der Waals surface area contributed by atoms with Crippen LogP contribution in [0.4, 0.5) is 8.78 Å². The lowest BCUT2D eigenvalue weighted by Crippen LogP contribution is -2.30. The van der Waals surface area contributed by atoms with Crippen molar-refractivity contribution in [1.29, 1.82) is 0 Å². The molecular weight excluding hydrogens is 304 g/mol. The highest BCUT2D eigenvalue weighted by Gasteiger charge is 2.19. The molecule has 0 spiro atoms. The van der Waals surface area contributed by atoms with Gasteiger partial charge in [-0.2, -0.15) is 0 Å². The van der Waals surface area contributed by atoms with Crippen LogP contribution in [-0.2, 0) is 0 Å². The Morgan fingerprint density at radius 2 is 2.00 bits per heavy atom. The molecule has 18 heavy (non-hydrogen) atoms. The van der Waals surface area contributed by atoms with Gasteiger partial charge in [-0.15, -0.1) is 0 Å². The topological polar surface area (TPSA) is 50.9 Å². The number of rotatable bonds is 3. The number of hydrogen-bond donors (Lipinski definition) is 2. The summed E-state index contributed by atoms with van der Waals surface area (Å²) < 4.78 is 27.1. The van der Waals surface area contributed by atoms with Crippen LogP contribution in [0.1, 0.15) is 17.3 Å². The first-order valence-corrected chi connectivity index (χ1v) is 5.94. The summed E-state index contributed by atoms with van der Waals surface area (Å²) in [5, 5.41) is 0. The zero-order valence-electron chi connectivity index (χ0n) is 9.20. The van der Waals surface area contributed by atoms with Crippen molar-refractivity contribution in [2.75, 3.05) is 0 Å². The van der Waals surface area contributed by atoms with Crippen LogP contribution in [-0.4, -0.2) is 4.98 Å². The second-order valence-electron chi connectivity index (χ2n) is 3.64. The van der Waals surface area contributed by atoms with Crippen molar-refractivity contribution in [3.8, 4) is 0 Å². The van der Waals surface area contributed by atoms with Crippen LogP contribution in [0.2, 0.25) is 0 Å². The Bertz CT molecular complexity index is 546. The average molecular weight is 314 g/mol. The van der Waals surface area contributed by atoms with E-state index in [0.717, 1.165) is 6.20 Å². The van der Waals surface area contributed by atoms with Gasteiger partial charge in [0, 0.05) is 5.56 Å². The average Bonchev–Trinajstić information content (AvgIpc) is 2.37. The lowest BCUT2D eigenvalue weighted by atomic mass is 10.0. The second kappa shape index (κ2) is 5.51. The first-order chi connectivity index (χ1) is 8.63. The van der Waals surface area contributed by atoms with Gasteiger partial charge in [0.2, 0.25) is 0 Å². The number of nitrogens with two attached hydrogens (primary N) is 1. The third-order valence-corrected chi connectivity index (χ3v) is 3.12. The van der Waals surface area contributed by atoms with E-state index in [1.54, 1.807) is 18.2 Å². The molecule has 0 amide bonds. The number of hydrogen-bond acceptors (Lipinski definition) is 3. The molecule has 1 aromatic heterocycles. The predicted octanol–water partition coefficient (Wildman–Crippen LogP) is 2.68. The van der Waals surface area contributed by atoms with Gasteiger partial charge in [-0.1, -0.05) is 12.1 Å². The molecule has 3 N–H and O–H groups in total. The normalized spacial score (nSPS) is 12.4. The fourth-order valence-corrected chi connectivity index (χ4v) is 2.02. The van der Waals surface area contributed by atoms with Gasteiger partial charge >= 0.3 is 0 Å². The standard InChI is InChI=1S/C12H10BrF2N3/c13-9-3-1-2-8(11(9)15)12(18-16)10-5-4-7(14)6-17-10/h1-6,12,18H,16H2. The van der Waals surface area contributed by atoms with E-state index in [1.807, 2.05) is 0 Å². The predicted molar refractivity (Wildman–Crippen MR) is 67.5 cm³/mol. The van der Waals surface area contributed by atoms with E-state index in [0.29, 0.717) is 15.7 Å². The summed E-state index contributed by atoms with van der Waals surface area (Å²) in [7, 11) is 0. The summed E-state index contributed by atoms with van der Waals surface area (Å²) in [4.78, 5) is 3.90. The van der Waals surface area contributed by atoms with Crippen LogP contribution in [0.15, 0.2) is 41.0 Å². The van der Waals surface area contributed by atoms with E-state index in [9.17, 15) is 8.78 Å². The van der Waals surface area contributed by atoms with Gasteiger partial charge < -0.3 is 0 Å². The molecule has 0 aliphatic carbocycles. The minimum absolute atomic E-state index is 0.336. The molecule has 0 aliphatic rings. The van der Waals surface area contributed by atoms with Gasteiger partial charge in [-0.05, 0) is 34.1 Å². The molecule has 0 bridgehead atoms. The quantitative estimate of drug-likeness (QED) is 0.676. The van der Waals surface area contributed by atoms with Gasteiger partial charge in [0.05, 0.1) is 22.4 Å². The monoisotopic (exact) mass is 313 g/mol. The maximum absolute atomic E-state index is 14.0. The molecule has 0 aliphatic heterocycles. The van der Waals surface area contributed by atoms with Gasteiger partial charge in [0.25, 0.3) is 0 Å². The smallest absolute Gasteiger partial charge is 0.142 e. The number of aromatic nitrogens is 1. The number of pyridine rings is 1. The van der Waals surface area contributed by atoms with Crippen molar-refractivity contribution in [1.82, 2.24) is 10.4 Å². The van der Waals surface area contributed by atoms with E-state index in [2.05, 4.69) is 26.3 Å². The molecule has 94 valence electrons. The molecule has 3 nitrogen and oxygen atoms in total. The summed E-state index contributed by atoms with van der Waals surface area (Å²) in [6, 6.07) is 6.95. The summed E-state index contributed by atoms with van der Waals surface area (Å²) in [5.41, 5.74) is 3.26. The fraction of sp³-hybridized carbons (Fsp3) is 0.0833. The lowest BCUT2D eigenvalue weighted by molar-refractivity contribution is 0.546. The van der Waals surface area contributed by atoms with E-state index in [4.69, 9.17) is 5.84 Å². The van der Waals surface area contributed by atoms with Gasteiger partial charge in [0.15, 0.2) is 0 Å². The third-order valence-electron chi connectivity index (χ3n) is 2.51. The van der Waals surface area contributed by atoms with Crippen molar-refractivity contribution < 1.29 is 8.78 Å². The van der Waals surface area contributed by atoms with Crippen LogP contribution >= 0.6 is 15.9 Å². The maximum Gasteiger partial charge on any atom is 0.142 e.